The number of benzene rings is 1. The standard InChI is InChI=1S/C21H22N6O5S/c28-16-14(8-33-21-26-12-3-1-2-4-13(12)32-21)31-20(17(16)29)27-10-24-15-18(22-9-23-19(15)27)25-11-5-6-30-7-11/h1-4,9-11,14,16-17,20,28-29H,5-8H2,(H,22,23,25)/t11-,14-,16-,17-,20?/m1/s1. The molecule has 0 aliphatic carbocycles. The highest BCUT2D eigenvalue weighted by Crippen LogP contribution is 2.35. The zero-order chi connectivity index (χ0) is 22.4. The highest BCUT2D eigenvalue weighted by molar-refractivity contribution is 7.99. The molecule has 172 valence electrons. The molecule has 2 aliphatic heterocycles. The van der Waals surface area contributed by atoms with Crippen LogP contribution >= 0.6 is 11.8 Å². The predicted octanol–water partition coefficient (Wildman–Crippen LogP) is 1.58. The van der Waals surface area contributed by atoms with Gasteiger partial charge in [-0.3, -0.25) is 4.57 Å². The van der Waals surface area contributed by atoms with Crippen LogP contribution in [0.2, 0.25) is 0 Å². The molecule has 0 radical (unpaired) electrons. The van der Waals surface area contributed by atoms with E-state index >= 15 is 0 Å². The van der Waals surface area contributed by atoms with Crippen LogP contribution < -0.4 is 5.32 Å². The summed E-state index contributed by atoms with van der Waals surface area (Å²) >= 11 is 1.33. The van der Waals surface area contributed by atoms with Crippen LogP contribution in [0, 0.1) is 0 Å². The first-order chi connectivity index (χ1) is 16.2. The van der Waals surface area contributed by atoms with Gasteiger partial charge in [0.15, 0.2) is 28.8 Å². The Bertz CT molecular complexity index is 1240. The molecule has 2 aliphatic rings. The maximum absolute atomic E-state index is 10.7. The molecule has 2 fully saturated rings. The molecule has 11 nitrogen and oxygen atoms in total. The van der Waals surface area contributed by atoms with Gasteiger partial charge >= 0.3 is 0 Å². The van der Waals surface area contributed by atoms with Crippen molar-refractivity contribution in [1.29, 1.82) is 0 Å². The Kier molecular flexibility index (Phi) is 5.38. The zero-order valence-electron chi connectivity index (χ0n) is 17.4. The summed E-state index contributed by atoms with van der Waals surface area (Å²) in [7, 11) is 0. The summed E-state index contributed by atoms with van der Waals surface area (Å²) in [5.41, 5.74) is 2.54. The first-order valence-corrected chi connectivity index (χ1v) is 11.7. The lowest BCUT2D eigenvalue weighted by Crippen LogP contribution is -2.32. The van der Waals surface area contributed by atoms with Crippen molar-refractivity contribution >= 4 is 39.8 Å². The fourth-order valence-electron chi connectivity index (χ4n) is 4.15. The van der Waals surface area contributed by atoms with Crippen LogP contribution in [0.4, 0.5) is 5.82 Å². The summed E-state index contributed by atoms with van der Waals surface area (Å²) in [5.74, 6) is 0.961. The quantitative estimate of drug-likeness (QED) is 0.354. The maximum Gasteiger partial charge on any atom is 0.256 e. The maximum atomic E-state index is 10.7. The Morgan fingerprint density at radius 1 is 1.15 bits per heavy atom. The fourth-order valence-corrected chi connectivity index (χ4v) is 5.04. The van der Waals surface area contributed by atoms with Gasteiger partial charge in [0.1, 0.15) is 24.1 Å². The number of aliphatic hydroxyl groups is 2. The van der Waals surface area contributed by atoms with E-state index in [9.17, 15) is 10.2 Å². The number of fused-ring (bicyclic) bond motifs is 2. The smallest absolute Gasteiger partial charge is 0.256 e. The SMILES string of the molecule is O[C@@H]1[C@@H](CSc2nc3ccccc3o2)OC(n2cnc3c(N[C@@H]4CCOC4)ncnc32)[C@@H]1O. The van der Waals surface area contributed by atoms with Crippen LogP contribution in [0.3, 0.4) is 0 Å². The predicted molar refractivity (Wildman–Crippen MR) is 119 cm³/mol. The largest absolute Gasteiger partial charge is 0.431 e. The third-order valence-corrected chi connectivity index (χ3v) is 6.80. The Hall–Kier alpha value is -2.77. The van der Waals surface area contributed by atoms with Gasteiger partial charge in [-0.15, -0.1) is 0 Å². The van der Waals surface area contributed by atoms with E-state index in [0.717, 1.165) is 11.9 Å². The molecule has 3 aromatic heterocycles. The van der Waals surface area contributed by atoms with Crippen molar-refractivity contribution in [2.75, 3.05) is 24.3 Å². The molecule has 6 rings (SSSR count). The number of rotatable bonds is 6. The number of aliphatic hydroxyl groups excluding tert-OH is 2. The van der Waals surface area contributed by atoms with E-state index in [0.29, 0.717) is 46.8 Å². The molecule has 1 aromatic carbocycles. The van der Waals surface area contributed by atoms with Crippen molar-refractivity contribution in [1.82, 2.24) is 24.5 Å². The normalized spacial score (nSPS) is 27.6. The van der Waals surface area contributed by atoms with Crippen LogP contribution in [0.15, 0.2) is 46.6 Å². The van der Waals surface area contributed by atoms with E-state index in [1.807, 2.05) is 24.3 Å². The van der Waals surface area contributed by atoms with Crippen molar-refractivity contribution in [2.45, 2.75) is 42.2 Å². The highest BCUT2D eigenvalue weighted by Gasteiger charge is 2.44. The van der Waals surface area contributed by atoms with Gasteiger partial charge in [0.2, 0.25) is 0 Å². The average molecular weight is 471 g/mol. The molecular formula is C21H22N6O5S. The highest BCUT2D eigenvalue weighted by atomic mass is 32.2. The molecule has 12 heteroatoms. The van der Waals surface area contributed by atoms with Crippen molar-refractivity contribution in [3.05, 3.63) is 36.9 Å². The molecule has 2 saturated heterocycles. The molecule has 0 bridgehead atoms. The van der Waals surface area contributed by atoms with Crippen LogP contribution in [-0.2, 0) is 9.47 Å². The first kappa shape index (κ1) is 20.8. The molecule has 33 heavy (non-hydrogen) atoms. The lowest BCUT2D eigenvalue weighted by Gasteiger charge is -2.17. The topological polar surface area (TPSA) is 141 Å². The molecule has 3 N–H and O–H groups in total. The monoisotopic (exact) mass is 470 g/mol. The van der Waals surface area contributed by atoms with Crippen molar-refractivity contribution in [3.8, 4) is 0 Å². The molecule has 0 amide bonds. The van der Waals surface area contributed by atoms with Gasteiger partial charge in [-0.25, -0.2) is 19.9 Å². The minimum Gasteiger partial charge on any atom is -0.431 e. The molecule has 5 atom stereocenters. The Balaban J connectivity index is 1.19. The summed E-state index contributed by atoms with van der Waals surface area (Å²) in [6, 6.07) is 7.66. The van der Waals surface area contributed by atoms with Gasteiger partial charge in [0, 0.05) is 12.4 Å². The van der Waals surface area contributed by atoms with Gasteiger partial charge in [-0.2, -0.15) is 0 Å². The Morgan fingerprint density at radius 2 is 2.06 bits per heavy atom. The number of nitrogens with one attached hydrogen (secondary N) is 1. The fraction of sp³-hybridized carbons (Fsp3) is 0.429. The number of hydrogen-bond donors (Lipinski definition) is 3. The van der Waals surface area contributed by atoms with Gasteiger partial charge in [-0.1, -0.05) is 23.9 Å². The molecule has 1 unspecified atom stereocenters. The number of para-hydroxylation sites is 2. The number of thioether (sulfide) groups is 1. The van der Waals surface area contributed by atoms with E-state index in [-0.39, 0.29) is 6.04 Å². The summed E-state index contributed by atoms with van der Waals surface area (Å²) in [5, 5.41) is 25.2. The molecule has 4 aromatic rings. The molecular weight excluding hydrogens is 448 g/mol. The minimum absolute atomic E-state index is 0.164. The molecule has 0 spiro atoms. The molecule has 5 heterocycles. The number of aromatic nitrogens is 5. The van der Waals surface area contributed by atoms with E-state index in [4.69, 9.17) is 13.9 Å². The van der Waals surface area contributed by atoms with E-state index in [1.165, 1.54) is 18.1 Å². The summed E-state index contributed by atoms with van der Waals surface area (Å²) < 4.78 is 18.8. The first-order valence-electron chi connectivity index (χ1n) is 10.7. The van der Waals surface area contributed by atoms with Crippen LogP contribution in [0.1, 0.15) is 12.6 Å². The number of imidazole rings is 1. The van der Waals surface area contributed by atoms with Gasteiger partial charge in [0.05, 0.1) is 25.1 Å². The van der Waals surface area contributed by atoms with Crippen LogP contribution in [0.5, 0.6) is 0 Å². The van der Waals surface area contributed by atoms with Crippen LogP contribution in [-0.4, -0.2) is 78.0 Å². The number of ether oxygens (including phenoxy) is 2. The van der Waals surface area contributed by atoms with E-state index in [2.05, 4.69) is 25.3 Å². The lowest BCUT2D eigenvalue weighted by molar-refractivity contribution is -0.0289. The average Bonchev–Trinajstić information content (AvgIpc) is 3.61. The molecule has 0 saturated carbocycles. The Labute approximate surface area is 192 Å². The number of hydrogen-bond acceptors (Lipinski definition) is 11. The number of anilines is 1. The second-order valence-electron chi connectivity index (χ2n) is 8.06. The second-order valence-corrected chi connectivity index (χ2v) is 9.03. The summed E-state index contributed by atoms with van der Waals surface area (Å²) in [4.78, 5) is 17.5. The number of nitrogens with zero attached hydrogens (tertiary/aromatic N) is 5. The third-order valence-electron chi connectivity index (χ3n) is 5.89. The van der Waals surface area contributed by atoms with Gasteiger partial charge in [-0.05, 0) is 18.6 Å². The minimum atomic E-state index is -1.15. The Morgan fingerprint density at radius 3 is 2.91 bits per heavy atom. The van der Waals surface area contributed by atoms with Gasteiger partial charge < -0.3 is 29.4 Å². The summed E-state index contributed by atoms with van der Waals surface area (Å²) in [6.07, 6.45) is 0.186. The van der Waals surface area contributed by atoms with Gasteiger partial charge in [0.25, 0.3) is 5.22 Å². The van der Waals surface area contributed by atoms with Crippen molar-refractivity contribution in [2.24, 2.45) is 0 Å². The van der Waals surface area contributed by atoms with Crippen molar-refractivity contribution in [3.63, 3.8) is 0 Å². The van der Waals surface area contributed by atoms with Crippen LogP contribution in [0.25, 0.3) is 22.3 Å². The van der Waals surface area contributed by atoms with E-state index in [1.54, 1.807) is 10.9 Å². The second kappa shape index (κ2) is 8.54. The lowest BCUT2D eigenvalue weighted by atomic mass is 10.1. The number of oxazole rings is 1. The zero-order valence-corrected chi connectivity index (χ0v) is 18.3. The van der Waals surface area contributed by atoms with Crippen molar-refractivity contribution < 1.29 is 24.1 Å². The summed E-state index contributed by atoms with van der Waals surface area (Å²) in [6.45, 7) is 1.32. The third kappa shape index (κ3) is 3.83. The van der Waals surface area contributed by atoms with E-state index < -0.39 is 24.5 Å².